The van der Waals surface area contributed by atoms with Gasteiger partial charge in [0.1, 0.15) is 6.61 Å². The molecule has 5 heteroatoms. The van der Waals surface area contributed by atoms with Crippen molar-refractivity contribution in [1.29, 1.82) is 0 Å². The average molecular weight is 1140 g/mol. The van der Waals surface area contributed by atoms with Crippen molar-refractivity contribution in [3.05, 3.63) is 48.6 Å². The third-order valence-electron chi connectivity index (χ3n) is 16.9. The lowest BCUT2D eigenvalue weighted by Crippen LogP contribution is -2.28. The number of hydrogen-bond donors (Lipinski definition) is 1. The second-order valence-corrected chi connectivity index (χ2v) is 25.0. The van der Waals surface area contributed by atoms with Gasteiger partial charge in [-0.3, -0.25) is 9.59 Å². The highest BCUT2D eigenvalue weighted by Gasteiger charge is 2.16. The molecule has 0 radical (unpaired) electrons. The molecular formula is C76H142O5. The molecule has 0 aromatic carbocycles. The van der Waals surface area contributed by atoms with Crippen molar-refractivity contribution in [1.82, 2.24) is 0 Å². The van der Waals surface area contributed by atoms with E-state index in [1.807, 2.05) is 0 Å². The average Bonchev–Trinajstić information content (AvgIpc) is 3.47. The summed E-state index contributed by atoms with van der Waals surface area (Å²) in [7, 11) is 0. The van der Waals surface area contributed by atoms with Gasteiger partial charge in [0, 0.05) is 12.8 Å². The Morgan fingerprint density at radius 2 is 0.531 bits per heavy atom. The van der Waals surface area contributed by atoms with Gasteiger partial charge in [-0.05, 0) is 51.4 Å². The van der Waals surface area contributed by atoms with Gasteiger partial charge >= 0.3 is 11.9 Å². The molecule has 0 spiro atoms. The van der Waals surface area contributed by atoms with Crippen LogP contribution in [0.15, 0.2) is 48.6 Å². The van der Waals surface area contributed by atoms with Crippen LogP contribution in [-0.2, 0) is 19.1 Å². The quantitative estimate of drug-likeness (QED) is 0.0373. The maximum Gasteiger partial charge on any atom is 0.306 e. The number of allylic oxidation sites excluding steroid dienone is 8. The summed E-state index contributed by atoms with van der Waals surface area (Å²) in [5, 5.41) is 9.71. The molecule has 476 valence electrons. The van der Waals surface area contributed by atoms with Crippen LogP contribution in [0.3, 0.4) is 0 Å². The van der Waals surface area contributed by atoms with Gasteiger partial charge in [0.15, 0.2) is 6.10 Å². The van der Waals surface area contributed by atoms with Crippen molar-refractivity contribution in [2.75, 3.05) is 13.2 Å². The minimum Gasteiger partial charge on any atom is -0.462 e. The van der Waals surface area contributed by atoms with E-state index in [0.717, 1.165) is 57.8 Å². The van der Waals surface area contributed by atoms with Crippen molar-refractivity contribution in [2.45, 2.75) is 412 Å². The van der Waals surface area contributed by atoms with Crippen LogP contribution in [0.25, 0.3) is 0 Å². The van der Waals surface area contributed by atoms with E-state index in [4.69, 9.17) is 9.47 Å². The first kappa shape index (κ1) is 78.9. The van der Waals surface area contributed by atoms with E-state index < -0.39 is 6.10 Å². The first-order valence-corrected chi connectivity index (χ1v) is 36.7. The fourth-order valence-electron chi connectivity index (χ4n) is 11.4. The summed E-state index contributed by atoms with van der Waals surface area (Å²) < 4.78 is 10.8. The number of carbonyl (C=O) groups is 2. The highest BCUT2D eigenvalue weighted by atomic mass is 16.6. The number of carbonyl (C=O) groups excluding carboxylic acids is 2. The molecule has 5 nitrogen and oxygen atoms in total. The molecule has 1 atom stereocenters. The summed E-state index contributed by atoms with van der Waals surface area (Å²) in [5.41, 5.74) is 0. The van der Waals surface area contributed by atoms with E-state index in [1.54, 1.807) is 0 Å². The number of hydrogen-bond acceptors (Lipinski definition) is 5. The minimum absolute atomic E-state index is 0.0578. The number of aliphatic hydroxyl groups excluding tert-OH is 1. The topological polar surface area (TPSA) is 72.8 Å². The standard InChI is InChI=1S/C76H142O5/c1-3-5-7-9-11-13-15-17-19-21-23-25-27-29-31-32-33-34-35-36-37-38-39-40-41-42-43-44-45-47-49-51-53-55-57-59-61-63-65-67-69-71-76(79)81-74(72-77)73-80-75(78)70-68-66-64-62-60-58-56-54-52-50-48-46-30-28-26-24-22-20-18-16-14-12-10-8-6-4-2/h5,7,11,13,17,19,23,25,74,77H,3-4,6,8-10,12,14-16,18,20-22,24,26-73H2,1-2H3/b7-5-,13-11-,19-17-,25-23-. The fraction of sp³-hybridized carbons (Fsp3) is 0.868. The normalized spacial score (nSPS) is 12.4. The SMILES string of the molecule is CC/C=C\C/C=C\C/C=C\C/C=C\CCCCCCCCCCCCCCCCCCCCCCCCCCCCCCC(=O)OC(CO)COC(=O)CCCCCCCCCCCCCCCCCCCCCCCCCCCC. The molecular weight excluding hydrogens is 993 g/mol. The van der Waals surface area contributed by atoms with Gasteiger partial charge in [-0.15, -0.1) is 0 Å². The van der Waals surface area contributed by atoms with Gasteiger partial charge < -0.3 is 14.6 Å². The van der Waals surface area contributed by atoms with Gasteiger partial charge in [-0.2, -0.15) is 0 Å². The third kappa shape index (κ3) is 70.3. The first-order chi connectivity index (χ1) is 40.1. The number of unbranched alkanes of at least 4 members (excludes halogenated alkanes) is 53. The Hall–Kier alpha value is -2.14. The number of esters is 2. The molecule has 0 saturated carbocycles. The second-order valence-electron chi connectivity index (χ2n) is 25.0. The van der Waals surface area contributed by atoms with E-state index >= 15 is 0 Å². The fourth-order valence-corrected chi connectivity index (χ4v) is 11.4. The summed E-state index contributed by atoms with van der Waals surface area (Å²) in [6, 6.07) is 0. The number of aliphatic hydroxyl groups is 1. The number of ether oxygens (including phenoxy) is 2. The molecule has 1 N–H and O–H groups in total. The van der Waals surface area contributed by atoms with Crippen molar-refractivity contribution in [3.8, 4) is 0 Å². The summed E-state index contributed by atoms with van der Waals surface area (Å²) in [5.74, 6) is -0.562. The Morgan fingerprint density at radius 3 is 0.802 bits per heavy atom. The van der Waals surface area contributed by atoms with Crippen LogP contribution in [-0.4, -0.2) is 36.4 Å². The molecule has 0 bridgehead atoms. The first-order valence-electron chi connectivity index (χ1n) is 36.7. The maximum absolute atomic E-state index is 12.4. The van der Waals surface area contributed by atoms with E-state index in [-0.39, 0.29) is 25.2 Å². The smallest absolute Gasteiger partial charge is 0.306 e. The van der Waals surface area contributed by atoms with Crippen LogP contribution in [0.2, 0.25) is 0 Å². The molecule has 0 aliphatic carbocycles. The molecule has 0 fully saturated rings. The zero-order valence-corrected chi connectivity index (χ0v) is 54.8. The Morgan fingerprint density at radius 1 is 0.296 bits per heavy atom. The third-order valence-corrected chi connectivity index (χ3v) is 16.9. The lowest BCUT2D eigenvalue weighted by atomic mass is 10.0. The van der Waals surface area contributed by atoms with Gasteiger partial charge in [0.2, 0.25) is 0 Å². The highest BCUT2D eigenvalue weighted by molar-refractivity contribution is 5.70. The molecule has 0 aromatic heterocycles. The van der Waals surface area contributed by atoms with Crippen molar-refractivity contribution >= 4 is 11.9 Å². The molecule has 0 rings (SSSR count). The van der Waals surface area contributed by atoms with Crippen LogP contribution < -0.4 is 0 Å². The number of rotatable bonds is 69. The van der Waals surface area contributed by atoms with Crippen LogP contribution in [0, 0.1) is 0 Å². The van der Waals surface area contributed by atoms with Crippen molar-refractivity contribution in [3.63, 3.8) is 0 Å². The summed E-state index contributed by atoms with van der Waals surface area (Å²) in [6.07, 6.45) is 97.5. The summed E-state index contributed by atoms with van der Waals surface area (Å²) in [4.78, 5) is 24.7. The summed E-state index contributed by atoms with van der Waals surface area (Å²) in [6.45, 7) is 4.10. The van der Waals surface area contributed by atoms with E-state index in [0.29, 0.717) is 12.8 Å². The van der Waals surface area contributed by atoms with Crippen molar-refractivity contribution in [2.24, 2.45) is 0 Å². The molecule has 0 heterocycles. The molecule has 81 heavy (non-hydrogen) atoms. The molecule has 0 amide bonds. The van der Waals surface area contributed by atoms with E-state index in [1.165, 1.54) is 321 Å². The molecule has 1 unspecified atom stereocenters. The molecule has 0 saturated heterocycles. The Balaban J connectivity index is 3.36. The zero-order valence-electron chi connectivity index (χ0n) is 54.8. The van der Waals surface area contributed by atoms with E-state index in [9.17, 15) is 14.7 Å². The van der Waals surface area contributed by atoms with Gasteiger partial charge in [0.05, 0.1) is 6.61 Å². The highest BCUT2D eigenvalue weighted by Crippen LogP contribution is 2.20. The predicted octanol–water partition coefficient (Wildman–Crippen LogP) is 25.5. The minimum atomic E-state index is -0.769. The molecule has 0 aromatic rings. The monoisotopic (exact) mass is 1140 g/mol. The zero-order chi connectivity index (χ0) is 58.4. The maximum atomic E-state index is 12.4. The van der Waals surface area contributed by atoms with Crippen molar-refractivity contribution < 1.29 is 24.2 Å². The van der Waals surface area contributed by atoms with E-state index in [2.05, 4.69) is 62.5 Å². The van der Waals surface area contributed by atoms with Gasteiger partial charge in [-0.1, -0.05) is 390 Å². The van der Waals surface area contributed by atoms with Crippen LogP contribution in [0.4, 0.5) is 0 Å². The Bertz CT molecular complexity index is 1330. The summed E-state index contributed by atoms with van der Waals surface area (Å²) >= 11 is 0. The Kier molecular flexibility index (Phi) is 70.2. The van der Waals surface area contributed by atoms with Gasteiger partial charge in [0.25, 0.3) is 0 Å². The Labute approximate surface area is 507 Å². The van der Waals surface area contributed by atoms with Gasteiger partial charge in [-0.25, -0.2) is 0 Å². The molecule has 0 aliphatic rings. The lowest BCUT2D eigenvalue weighted by molar-refractivity contribution is -0.161. The second kappa shape index (κ2) is 72.1. The van der Waals surface area contributed by atoms with Crippen LogP contribution in [0.1, 0.15) is 406 Å². The molecule has 0 aliphatic heterocycles. The largest absolute Gasteiger partial charge is 0.462 e. The predicted molar refractivity (Wildman–Crippen MR) is 357 cm³/mol. The van der Waals surface area contributed by atoms with Crippen LogP contribution >= 0.6 is 0 Å². The van der Waals surface area contributed by atoms with Crippen LogP contribution in [0.5, 0.6) is 0 Å². The lowest BCUT2D eigenvalue weighted by Gasteiger charge is -2.15.